The third-order valence-corrected chi connectivity index (χ3v) is 18.1. The van der Waals surface area contributed by atoms with Crippen LogP contribution in [0.2, 0.25) is 0 Å². The summed E-state index contributed by atoms with van der Waals surface area (Å²) >= 11 is 1.92. The molecule has 2 aromatic heterocycles. The number of nitrogens with zero attached hydrogens (tertiary/aromatic N) is 3. The lowest BCUT2D eigenvalue weighted by Crippen LogP contribution is -2.61. The zero-order valence-electron chi connectivity index (χ0n) is 45.0. The highest BCUT2D eigenvalue weighted by Crippen LogP contribution is 2.53. The minimum Gasteiger partial charge on any atom is -0.311 e. The normalized spacial score (nSPS) is 12.9. The topological polar surface area (TPSA) is 11.4 Å². The van der Waals surface area contributed by atoms with E-state index in [1.54, 1.807) is 0 Å². The number of thiophene rings is 1. The van der Waals surface area contributed by atoms with Gasteiger partial charge in [0.15, 0.2) is 0 Å². The smallest absolute Gasteiger partial charge is 0.252 e. The Morgan fingerprint density at radius 1 is 0.430 bits per heavy atom. The summed E-state index contributed by atoms with van der Waals surface area (Å²) in [4.78, 5) is 5.39. The monoisotopic (exact) mass is 1030 g/mol. The number of hydrogen-bond acceptors (Lipinski definition) is 3. The summed E-state index contributed by atoms with van der Waals surface area (Å²) in [6, 6.07) is 91.6. The van der Waals surface area contributed by atoms with Gasteiger partial charge in [-0.1, -0.05) is 216 Å². The Morgan fingerprint density at radius 2 is 1.01 bits per heavy atom. The first kappa shape index (κ1) is 47.3. The zero-order chi connectivity index (χ0) is 52.9. The first-order valence-electron chi connectivity index (χ1n) is 28.1. The van der Waals surface area contributed by atoms with Gasteiger partial charge in [0.05, 0.1) is 16.7 Å². The van der Waals surface area contributed by atoms with Crippen molar-refractivity contribution in [2.75, 3.05) is 9.80 Å². The van der Waals surface area contributed by atoms with Gasteiger partial charge in [0.1, 0.15) is 0 Å². The van der Waals surface area contributed by atoms with Gasteiger partial charge in [-0.15, -0.1) is 11.3 Å². The summed E-state index contributed by atoms with van der Waals surface area (Å²) < 4.78 is 5.18. The standard InChI is InChI=1S/C74H58BN3S/c1-5-6-29-58-64(42-43-70-71(58)59-32-18-21-37-69(59)79-70)77-65-41-38-51(48-23-10-7-11-24-48)44-61(65)75-60-40-39-53(76-62-35-19-16-30-56(62)57-31-17-20-36-63(57)76)47-66(60)78(68-46-52(74(2,3)4)45-67(77)72(68)75)73-54(49-25-12-8-13-26-49)33-22-34-55(73)50-27-14-9-15-28-50/h7-28,30-47H,5-6,29H2,1-4H3. The molecule has 0 fully saturated rings. The Kier molecular flexibility index (Phi) is 11.2. The summed E-state index contributed by atoms with van der Waals surface area (Å²) in [5.41, 5.74) is 24.3. The zero-order valence-corrected chi connectivity index (χ0v) is 45.9. The average Bonchev–Trinajstić information content (AvgIpc) is 4.16. The number of aryl methyl sites for hydroxylation is 1. The van der Waals surface area contributed by atoms with Gasteiger partial charge >= 0.3 is 0 Å². The third-order valence-electron chi connectivity index (χ3n) is 16.9. The minimum atomic E-state index is -0.208. The van der Waals surface area contributed by atoms with Crippen molar-refractivity contribution in [1.82, 2.24) is 4.57 Å². The molecule has 2 aliphatic rings. The number of benzene rings is 11. The first-order chi connectivity index (χ1) is 38.8. The van der Waals surface area contributed by atoms with Crippen molar-refractivity contribution < 1.29 is 0 Å². The highest BCUT2D eigenvalue weighted by Gasteiger charge is 2.46. The Bertz CT molecular complexity index is 4420. The second kappa shape index (κ2) is 18.6. The fraction of sp³-hybridized carbons (Fsp3) is 0.108. The number of para-hydroxylation sites is 3. The molecule has 0 amide bonds. The molecule has 0 saturated carbocycles. The van der Waals surface area contributed by atoms with Crippen LogP contribution in [-0.4, -0.2) is 11.3 Å². The van der Waals surface area contributed by atoms with Gasteiger partial charge < -0.3 is 14.4 Å². The predicted octanol–water partition coefficient (Wildman–Crippen LogP) is 18.9. The predicted molar refractivity (Wildman–Crippen MR) is 341 cm³/mol. The molecule has 2 aliphatic heterocycles. The molecule has 0 bridgehead atoms. The molecule has 5 heteroatoms. The van der Waals surface area contributed by atoms with E-state index in [2.05, 4.69) is 285 Å². The summed E-state index contributed by atoms with van der Waals surface area (Å²) in [6.45, 7) is 9.38. The summed E-state index contributed by atoms with van der Waals surface area (Å²) in [6.07, 6.45) is 3.19. The number of aromatic nitrogens is 1. The van der Waals surface area contributed by atoms with Crippen molar-refractivity contribution in [3.05, 3.63) is 254 Å². The van der Waals surface area contributed by atoms with Crippen LogP contribution in [0.5, 0.6) is 0 Å². The quantitative estimate of drug-likeness (QED) is 0.134. The second-order valence-corrected chi connectivity index (χ2v) is 23.7. The molecule has 0 N–H and O–H groups in total. The van der Waals surface area contributed by atoms with Gasteiger partial charge in [0, 0.05) is 76.2 Å². The van der Waals surface area contributed by atoms with Gasteiger partial charge in [-0.25, -0.2) is 0 Å². The fourth-order valence-corrected chi connectivity index (χ4v) is 14.4. The maximum absolute atomic E-state index is 2.70. The van der Waals surface area contributed by atoms with Crippen molar-refractivity contribution in [2.24, 2.45) is 0 Å². The highest BCUT2D eigenvalue weighted by atomic mass is 32.1. The molecular weight excluding hydrogens is 974 g/mol. The number of unbranched alkanes of at least 4 members (excludes halogenated alkanes) is 1. The van der Waals surface area contributed by atoms with E-state index in [0.29, 0.717) is 0 Å². The second-order valence-electron chi connectivity index (χ2n) is 22.6. The van der Waals surface area contributed by atoms with Crippen LogP contribution in [0.15, 0.2) is 243 Å². The molecule has 11 aromatic carbocycles. The van der Waals surface area contributed by atoms with Crippen molar-refractivity contribution in [3.63, 3.8) is 0 Å². The molecule has 0 radical (unpaired) electrons. The fourth-order valence-electron chi connectivity index (χ4n) is 13.2. The largest absolute Gasteiger partial charge is 0.311 e. The Balaban J connectivity index is 1.11. The van der Waals surface area contributed by atoms with E-state index in [9.17, 15) is 0 Å². The molecule has 15 rings (SSSR count). The van der Waals surface area contributed by atoms with Crippen LogP contribution >= 0.6 is 11.3 Å². The van der Waals surface area contributed by atoms with E-state index in [-0.39, 0.29) is 12.1 Å². The Hall–Kier alpha value is -8.90. The summed E-state index contributed by atoms with van der Waals surface area (Å²) in [5.74, 6) is 0. The van der Waals surface area contributed by atoms with E-state index in [4.69, 9.17) is 0 Å². The van der Waals surface area contributed by atoms with Crippen LogP contribution < -0.4 is 26.2 Å². The van der Waals surface area contributed by atoms with Crippen LogP contribution in [0.4, 0.5) is 34.1 Å². The van der Waals surface area contributed by atoms with E-state index in [0.717, 1.165) is 30.6 Å². The molecule has 378 valence electrons. The van der Waals surface area contributed by atoms with Gasteiger partial charge in [-0.05, 0) is 129 Å². The van der Waals surface area contributed by atoms with Crippen molar-refractivity contribution >= 4 is 111 Å². The van der Waals surface area contributed by atoms with Crippen molar-refractivity contribution in [1.29, 1.82) is 0 Å². The number of anilines is 6. The highest BCUT2D eigenvalue weighted by molar-refractivity contribution is 7.25. The van der Waals surface area contributed by atoms with Crippen LogP contribution in [0.25, 0.3) is 81.0 Å². The van der Waals surface area contributed by atoms with Crippen LogP contribution in [0.3, 0.4) is 0 Å². The minimum absolute atomic E-state index is 0.110. The van der Waals surface area contributed by atoms with Crippen LogP contribution in [-0.2, 0) is 11.8 Å². The van der Waals surface area contributed by atoms with E-state index >= 15 is 0 Å². The van der Waals surface area contributed by atoms with Crippen molar-refractivity contribution in [2.45, 2.75) is 52.4 Å². The maximum Gasteiger partial charge on any atom is 0.252 e. The molecule has 0 spiro atoms. The molecule has 0 saturated heterocycles. The van der Waals surface area contributed by atoms with E-state index in [1.165, 1.54) is 131 Å². The molecule has 4 heterocycles. The molecular formula is C74H58BN3S. The molecule has 0 unspecified atom stereocenters. The molecule has 79 heavy (non-hydrogen) atoms. The summed E-state index contributed by atoms with van der Waals surface area (Å²) in [5, 5.41) is 5.24. The Morgan fingerprint density at radius 3 is 1.66 bits per heavy atom. The van der Waals surface area contributed by atoms with Crippen molar-refractivity contribution in [3.8, 4) is 39.1 Å². The van der Waals surface area contributed by atoms with Crippen LogP contribution in [0, 0.1) is 0 Å². The maximum atomic E-state index is 2.70. The van der Waals surface area contributed by atoms with Gasteiger partial charge in [0.25, 0.3) is 6.71 Å². The average molecular weight is 1030 g/mol. The molecule has 3 nitrogen and oxygen atoms in total. The van der Waals surface area contributed by atoms with Gasteiger partial charge in [-0.2, -0.15) is 0 Å². The van der Waals surface area contributed by atoms with Gasteiger partial charge in [-0.3, -0.25) is 0 Å². The number of rotatable bonds is 9. The summed E-state index contributed by atoms with van der Waals surface area (Å²) in [7, 11) is 0. The molecule has 0 aliphatic carbocycles. The lowest BCUT2D eigenvalue weighted by Gasteiger charge is -2.46. The SMILES string of the molecule is CCCCc1c(N2c3ccc(-c4ccccc4)cc3B3c4ccc(-n5c6ccccc6c6ccccc65)cc4N(c4c(-c5ccccc5)cccc4-c4ccccc4)c4cc(C(C)(C)C)cc2c43)ccc2sc3ccccc3c12. The molecule has 13 aromatic rings. The van der Waals surface area contributed by atoms with E-state index < -0.39 is 0 Å². The van der Waals surface area contributed by atoms with E-state index in [1.807, 2.05) is 11.3 Å². The lowest BCUT2D eigenvalue weighted by molar-refractivity contribution is 0.590. The molecule has 0 atom stereocenters. The number of hydrogen-bond donors (Lipinski definition) is 0. The first-order valence-corrected chi connectivity index (χ1v) is 28.9. The number of fused-ring (bicyclic) bond motifs is 10. The Labute approximate surface area is 467 Å². The third kappa shape index (κ3) is 7.54. The van der Waals surface area contributed by atoms with Gasteiger partial charge in [0.2, 0.25) is 0 Å². The lowest BCUT2D eigenvalue weighted by atomic mass is 9.33. The van der Waals surface area contributed by atoms with Crippen LogP contribution in [0.1, 0.15) is 51.7 Å².